The zero-order chi connectivity index (χ0) is 10.6. The molecule has 0 radical (unpaired) electrons. The maximum atomic E-state index is 9.09. The zero-order valence-corrected chi connectivity index (χ0v) is 8.82. The molecule has 1 aromatic heterocycles. The molecule has 0 aliphatic heterocycles. The Morgan fingerprint density at radius 1 is 1.50 bits per heavy atom. The van der Waals surface area contributed by atoms with Crippen molar-refractivity contribution in [2.75, 3.05) is 11.9 Å². The van der Waals surface area contributed by atoms with Crippen LogP contribution in [0.1, 0.15) is 26.1 Å². The number of nitrogens with one attached hydrogen (secondary N) is 1. The van der Waals surface area contributed by atoms with Gasteiger partial charge in [0.25, 0.3) is 0 Å². The van der Waals surface area contributed by atoms with Crippen molar-refractivity contribution < 1.29 is 9.63 Å². The third-order valence-electron chi connectivity index (χ3n) is 1.83. The molecule has 1 unspecified atom stereocenters. The minimum atomic E-state index is -0.0187. The molecule has 0 aromatic carbocycles. The van der Waals surface area contributed by atoms with Crippen molar-refractivity contribution in [1.29, 1.82) is 0 Å². The highest BCUT2D eigenvalue weighted by Gasteiger charge is 2.12. The van der Waals surface area contributed by atoms with Gasteiger partial charge in [-0.15, -0.1) is 0 Å². The lowest BCUT2D eigenvalue weighted by Crippen LogP contribution is -2.25. The fourth-order valence-electron chi connectivity index (χ4n) is 1.28. The zero-order valence-electron chi connectivity index (χ0n) is 8.82. The second-order valence-electron chi connectivity index (χ2n) is 3.80. The lowest BCUT2D eigenvalue weighted by atomic mass is 10.0. The summed E-state index contributed by atoms with van der Waals surface area (Å²) in [5.74, 6) is 1.11. The van der Waals surface area contributed by atoms with E-state index in [1.807, 2.05) is 0 Å². The Kier molecular flexibility index (Phi) is 3.88. The van der Waals surface area contributed by atoms with E-state index in [9.17, 15) is 0 Å². The third-order valence-corrected chi connectivity index (χ3v) is 1.83. The van der Waals surface area contributed by atoms with E-state index in [0.29, 0.717) is 17.8 Å². The molecule has 0 saturated heterocycles. The first-order chi connectivity index (χ1) is 6.61. The Bertz CT molecular complexity index is 273. The molecule has 5 nitrogen and oxygen atoms in total. The van der Waals surface area contributed by atoms with E-state index in [4.69, 9.17) is 9.63 Å². The van der Waals surface area contributed by atoms with Crippen LogP contribution < -0.4 is 5.32 Å². The largest absolute Gasteiger partial charge is 0.394 e. The Balaban J connectivity index is 2.48. The van der Waals surface area contributed by atoms with Gasteiger partial charge in [0.05, 0.1) is 12.6 Å². The molecule has 0 bridgehead atoms. The summed E-state index contributed by atoms with van der Waals surface area (Å²) in [6.45, 7) is 6.03. The predicted octanol–water partition coefficient (Wildman–Crippen LogP) is 1.20. The summed E-state index contributed by atoms with van der Waals surface area (Å²) in [7, 11) is 0. The van der Waals surface area contributed by atoms with Gasteiger partial charge in [0.15, 0.2) is 5.82 Å². The minimum absolute atomic E-state index is 0.0187. The van der Waals surface area contributed by atoms with E-state index in [2.05, 4.69) is 29.3 Å². The maximum Gasteiger partial charge on any atom is 0.321 e. The Morgan fingerprint density at radius 2 is 2.21 bits per heavy atom. The minimum Gasteiger partial charge on any atom is -0.394 e. The number of rotatable bonds is 5. The van der Waals surface area contributed by atoms with Crippen LogP contribution in [0.3, 0.4) is 0 Å². The summed E-state index contributed by atoms with van der Waals surface area (Å²) in [6, 6.07) is 0.358. The topological polar surface area (TPSA) is 71.2 Å². The molecule has 1 atom stereocenters. The quantitative estimate of drug-likeness (QED) is 0.745. The highest BCUT2D eigenvalue weighted by atomic mass is 16.5. The second kappa shape index (κ2) is 4.95. The van der Waals surface area contributed by atoms with E-state index < -0.39 is 0 Å². The SMILES string of the molecule is Cc1noc(NC(CO)CC(C)C)n1. The normalized spacial score (nSPS) is 13.2. The van der Waals surface area contributed by atoms with E-state index in [1.54, 1.807) is 6.92 Å². The fourth-order valence-corrected chi connectivity index (χ4v) is 1.28. The van der Waals surface area contributed by atoms with Crippen molar-refractivity contribution in [3.05, 3.63) is 5.82 Å². The van der Waals surface area contributed by atoms with Gasteiger partial charge in [-0.05, 0) is 19.3 Å². The molecule has 5 heteroatoms. The number of hydrogen-bond acceptors (Lipinski definition) is 5. The number of aliphatic hydroxyl groups excluding tert-OH is 1. The molecule has 1 rings (SSSR count). The molecular formula is C9H17N3O2. The van der Waals surface area contributed by atoms with Gasteiger partial charge in [-0.2, -0.15) is 4.98 Å². The van der Waals surface area contributed by atoms with E-state index in [0.717, 1.165) is 6.42 Å². The molecule has 2 N–H and O–H groups in total. The molecule has 0 aliphatic rings. The van der Waals surface area contributed by atoms with Crippen molar-refractivity contribution >= 4 is 6.01 Å². The molecule has 1 aromatic rings. The number of aryl methyl sites for hydroxylation is 1. The van der Waals surface area contributed by atoms with E-state index in [1.165, 1.54) is 0 Å². The van der Waals surface area contributed by atoms with Gasteiger partial charge in [-0.1, -0.05) is 19.0 Å². The van der Waals surface area contributed by atoms with Gasteiger partial charge in [0, 0.05) is 0 Å². The summed E-state index contributed by atoms with van der Waals surface area (Å²) < 4.78 is 4.89. The molecule has 0 fully saturated rings. The van der Waals surface area contributed by atoms with Crippen LogP contribution in [-0.2, 0) is 0 Å². The van der Waals surface area contributed by atoms with Crippen molar-refractivity contribution in [3.63, 3.8) is 0 Å². The van der Waals surface area contributed by atoms with Crippen LogP contribution >= 0.6 is 0 Å². The van der Waals surface area contributed by atoms with Gasteiger partial charge in [0.2, 0.25) is 0 Å². The van der Waals surface area contributed by atoms with Crippen LogP contribution in [0.15, 0.2) is 4.52 Å². The number of aromatic nitrogens is 2. The predicted molar refractivity (Wildman–Crippen MR) is 53.0 cm³/mol. The van der Waals surface area contributed by atoms with Crippen LogP contribution in [-0.4, -0.2) is 27.9 Å². The lowest BCUT2D eigenvalue weighted by molar-refractivity contribution is 0.256. The molecule has 0 aliphatic carbocycles. The van der Waals surface area contributed by atoms with Gasteiger partial charge in [-0.25, -0.2) is 0 Å². The van der Waals surface area contributed by atoms with Crippen molar-refractivity contribution in [2.24, 2.45) is 5.92 Å². The molecule has 0 spiro atoms. The number of hydrogen-bond donors (Lipinski definition) is 2. The smallest absolute Gasteiger partial charge is 0.321 e. The Hall–Kier alpha value is -1.10. The van der Waals surface area contributed by atoms with Crippen LogP contribution in [0.25, 0.3) is 0 Å². The Labute approximate surface area is 83.5 Å². The van der Waals surface area contributed by atoms with Crippen LogP contribution in [0.2, 0.25) is 0 Å². The first-order valence-corrected chi connectivity index (χ1v) is 4.79. The van der Waals surface area contributed by atoms with Gasteiger partial charge in [0.1, 0.15) is 0 Å². The summed E-state index contributed by atoms with van der Waals surface area (Å²) in [6.07, 6.45) is 0.873. The monoisotopic (exact) mass is 199 g/mol. The highest BCUT2D eigenvalue weighted by molar-refractivity contribution is 5.20. The average molecular weight is 199 g/mol. The molecule has 80 valence electrons. The first-order valence-electron chi connectivity index (χ1n) is 4.79. The maximum absolute atomic E-state index is 9.09. The number of aliphatic hydroxyl groups is 1. The van der Waals surface area contributed by atoms with Crippen molar-refractivity contribution in [3.8, 4) is 0 Å². The van der Waals surface area contributed by atoms with Crippen molar-refractivity contribution in [1.82, 2.24) is 10.1 Å². The number of nitrogens with zero attached hydrogens (tertiary/aromatic N) is 2. The first kappa shape index (κ1) is 11.0. The second-order valence-corrected chi connectivity index (χ2v) is 3.80. The fraction of sp³-hybridized carbons (Fsp3) is 0.778. The summed E-state index contributed by atoms with van der Waals surface area (Å²) >= 11 is 0. The van der Waals surface area contributed by atoms with Gasteiger partial charge >= 0.3 is 6.01 Å². The van der Waals surface area contributed by atoms with Crippen LogP contribution in [0, 0.1) is 12.8 Å². The molecule has 0 amide bonds. The Morgan fingerprint density at radius 3 is 2.64 bits per heavy atom. The average Bonchev–Trinajstić information content (AvgIpc) is 2.49. The standard InChI is InChI=1S/C9H17N3O2/c1-6(2)4-8(5-13)11-9-10-7(3)12-14-9/h6,8,13H,4-5H2,1-3H3,(H,10,11,12). The summed E-state index contributed by atoms with van der Waals surface area (Å²) in [5.41, 5.74) is 0. The van der Waals surface area contributed by atoms with Crippen molar-refractivity contribution in [2.45, 2.75) is 33.2 Å². The van der Waals surface area contributed by atoms with E-state index in [-0.39, 0.29) is 12.6 Å². The summed E-state index contributed by atoms with van der Waals surface area (Å²) in [4.78, 5) is 4.01. The van der Waals surface area contributed by atoms with Crippen LogP contribution in [0.4, 0.5) is 6.01 Å². The molecule has 14 heavy (non-hydrogen) atoms. The lowest BCUT2D eigenvalue weighted by Gasteiger charge is -2.16. The number of anilines is 1. The highest BCUT2D eigenvalue weighted by Crippen LogP contribution is 2.10. The summed E-state index contributed by atoms with van der Waals surface area (Å²) in [5, 5.41) is 15.7. The molecule has 1 heterocycles. The van der Waals surface area contributed by atoms with Crippen LogP contribution in [0.5, 0.6) is 0 Å². The third kappa shape index (κ3) is 3.33. The molecule has 0 saturated carbocycles. The van der Waals surface area contributed by atoms with Gasteiger partial charge in [-0.3, -0.25) is 0 Å². The van der Waals surface area contributed by atoms with Gasteiger partial charge < -0.3 is 14.9 Å². The van der Waals surface area contributed by atoms with E-state index >= 15 is 0 Å². The molecular weight excluding hydrogens is 182 g/mol.